The molecule has 0 aromatic heterocycles. The number of benzene rings is 3. The van der Waals surface area contributed by atoms with Gasteiger partial charge in [-0.2, -0.15) is 0 Å². The number of aryl methyl sites for hydroxylation is 1. The van der Waals surface area contributed by atoms with E-state index in [1.165, 1.54) is 23.1 Å². The Hall–Kier alpha value is -3.11. The van der Waals surface area contributed by atoms with Gasteiger partial charge in [0, 0.05) is 0 Å². The lowest BCUT2D eigenvalue weighted by Crippen LogP contribution is -2.54. The first-order valence-electron chi connectivity index (χ1n) is 10.5. The van der Waals surface area contributed by atoms with Crippen LogP contribution in [0.3, 0.4) is 0 Å². The van der Waals surface area contributed by atoms with Gasteiger partial charge in [-0.05, 0) is 100 Å². The summed E-state index contributed by atoms with van der Waals surface area (Å²) in [6.45, 7) is 2.27. The predicted octanol–water partition coefficient (Wildman–Crippen LogP) is 5.40. The first-order valence-corrected chi connectivity index (χ1v) is 12.0. The quantitative estimate of drug-likeness (QED) is 0.182. The van der Waals surface area contributed by atoms with Crippen LogP contribution < -0.4 is 15.0 Å². The molecule has 1 fully saturated rings. The van der Waals surface area contributed by atoms with E-state index in [2.05, 4.69) is 27.9 Å². The average Bonchev–Trinajstić information content (AvgIpc) is 2.81. The number of amides is 2. The summed E-state index contributed by atoms with van der Waals surface area (Å²) in [7, 11) is 0. The molecule has 1 N–H and O–H groups in total. The van der Waals surface area contributed by atoms with Gasteiger partial charge in [0.05, 0.1) is 9.26 Å². The van der Waals surface area contributed by atoms with Crippen molar-refractivity contribution in [3.63, 3.8) is 0 Å². The van der Waals surface area contributed by atoms with E-state index in [1.807, 2.05) is 37.3 Å². The van der Waals surface area contributed by atoms with Gasteiger partial charge < -0.3 is 4.74 Å². The van der Waals surface area contributed by atoms with E-state index in [4.69, 9.17) is 17.0 Å². The van der Waals surface area contributed by atoms with Gasteiger partial charge in [0.2, 0.25) is 0 Å². The van der Waals surface area contributed by atoms with Gasteiger partial charge in [-0.25, -0.2) is 4.39 Å². The van der Waals surface area contributed by atoms with Crippen LogP contribution in [0.25, 0.3) is 6.08 Å². The highest BCUT2D eigenvalue weighted by atomic mass is 127. The maximum Gasteiger partial charge on any atom is 0.270 e. The van der Waals surface area contributed by atoms with Gasteiger partial charge in [0.1, 0.15) is 23.7 Å². The lowest BCUT2D eigenvalue weighted by Gasteiger charge is -2.29. The Morgan fingerprint density at radius 3 is 2.50 bits per heavy atom. The van der Waals surface area contributed by atoms with Crippen molar-refractivity contribution in [3.05, 3.63) is 98.4 Å². The third-order valence-corrected chi connectivity index (χ3v) is 6.38. The molecule has 0 radical (unpaired) electrons. The van der Waals surface area contributed by atoms with Crippen LogP contribution in [0.4, 0.5) is 10.1 Å². The Labute approximate surface area is 215 Å². The molecule has 1 aliphatic heterocycles. The number of nitrogens with one attached hydrogen (secondary N) is 1. The van der Waals surface area contributed by atoms with Crippen LogP contribution in [-0.2, 0) is 22.6 Å². The number of nitrogens with zero attached hydrogens (tertiary/aromatic N) is 1. The molecular formula is C26H20FIN2O3S. The fourth-order valence-electron chi connectivity index (χ4n) is 3.45. The Morgan fingerprint density at radius 1 is 1.06 bits per heavy atom. The molecular weight excluding hydrogens is 566 g/mol. The van der Waals surface area contributed by atoms with Crippen molar-refractivity contribution in [2.45, 2.75) is 20.0 Å². The van der Waals surface area contributed by atoms with Crippen molar-refractivity contribution in [2.24, 2.45) is 0 Å². The van der Waals surface area contributed by atoms with Crippen LogP contribution in [0.5, 0.6) is 5.75 Å². The minimum Gasteiger partial charge on any atom is -0.488 e. The van der Waals surface area contributed by atoms with Crippen LogP contribution in [-0.4, -0.2) is 16.9 Å². The van der Waals surface area contributed by atoms with Crippen molar-refractivity contribution in [3.8, 4) is 5.75 Å². The van der Waals surface area contributed by atoms with E-state index in [0.717, 1.165) is 21.1 Å². The monoisotopic (exact) mass is 586 g/mol. The first kappa shape index (κ1) is 24.0. The number of thiocarbonyl (C=S) groups is 1. The van der Waals surface area contributed by atoms with Crippen molar-refractivity contribution in [1.82, 2.24) is 5.32 Å². The van der Waals surface area contributed by atoms with Gasteiger partial charge in [-0.1, -0.05) is 37.3 Å². The molecule has 2 amide bonds. The molecule has 34 heavy (non-hydrogen) atoms. The number of halogens is 2. The summed E-state index contributed by atoms with van der Waals surface area (Å²) in [4.78, 5) is 27.1. The smallest absolute Gasteiger partial charge is 0.270 e. The van der Waals surface area contributed by atoms with E-state index in [1.54, 1.807) is 24.3 Å². The second-order valence-electron chi connectivity index (χ2n) is 7.59. The zero-order chi connectivity index (χ0) is 24.2. The highest BCUT2D eigenvalue weighted by molar-refractivity contribution is 14.1. The molecule has 0 spiro atoms. The molecule has 0 atom stereocenters. The van der Waals surface area contributed by atoms with Crippen LogP contribution in [0.2, 0.25) is 0 Å². The lowest BCUT2D eigenvalue weighted by atomic mass is 10.1. The molecule has 4 rings (SSSR count). The number of anilines is 1. The van der Waals surface area contributed by atoms with Crippen LogP contribution in [0, 0.1) is 9.39 Å². The summed E-state index contributed by atoms with van der Waals surface area (Å²) in [6, 6.07) is 19.0. The molecule has 5 nitrogen and oxygen atoms in total. The molecule has 0 aliphatic carbocycles. The third-order valence-electron chi connectivity index (χ3n) is 5.25. The Morgan fingerprint density at radius 2 is 1.82 bits per heavy atom. The predicted molar refractivity (Wildman–Crippen MR) is 142 cm³/mol. The minimum atomic E-state index is -0.544. The van der Waals surface area contributed by atoms with Gasteiger partial charge in [0.15, 0.2) is 5.11 Å². The molecule has 0 saturated carbocycles. The zero-order valence-electron chi connectivity index (χ0n) is 18.2. The van der Waals surface area contributed by atoms with E-state index in [-0.39, 0.29) is 23.1 Å². The molecule has 1 heterocycles. The second-order valence-corrected chi connectivity index (χ2v) is 9.14. The maximum absolute atomic E-state index is 13.4. The van der Waals surface area contributed by atoms with E-state index in [0.29, 0.717) is 17.0 Å². The molecule has 3 aromatic carbocycles. The van der Waals surface area contributed by atoms with E-state index < -0.39 is 11.8 Å². The first-order chi connectivity index (χ1) is 16.4. The summed E-state index contributed by atoms with van der Waals surface area (Å²) in [5.74, 6) is -0.731. The van der Waals surface area contributed by atoms with Crippen molar-refractivity contribution >= 4 is 63.5 Å². The largest absolute Gasteiger partial charge is 0.488 e. The molecule has 0 bridgehead atoms. The van der Waals surface area contributed by atoms with E-state index >= 15 is 0 Å². The van der Waals surface area contributed by atoms with Crippen LogP contribution in [0.1, 0.15) is 23.6 Å². The summed E-state index contributed by atoms with van der Waals surface area (Å²) in [5, 5.41) is 2.65. The number of hydrogen-bond donors (Lipinski definition) is 1. The SMILES string of the molecule is CCc1ccc(N2C(=O)/C(=C/c3ccc(OCc4cccc(F)c4)c(I)c3)C(=O)NC2=S)cc1. The van der Waals surface area contributed by atoms with Gasteiger partial charge >= 0.3 is 0 Å². The van der Waals surface area contributed by atoms with E-state index in [9.17, 15) is 14.0 Å². The summed E-state index contributed by atoms with van der Waals surface area (Å²) >= 11 is 7.38. The van der Waals surface area contributed by atoms with Crippen LogP contribution in [0.15, 0.2) is 72.3 Å². The zero-order valence-corrected chi connectivity index (χ0v) is 21.2. The normalized spacial score (nSPS) is 15.0. The Kier molecular flexibility index (Phi) is 7.38. The summed E-state index contributed by atoms with van der Waals surface area (Å²) in [5.41, 5.74) is 3.09. The molecule has 1 aliphatic rings. The highest BCUT2D eigenvalue weighted by Gasteiger charge is 2.34. The van der Waals surface area contributed by atoms with Crippen molar-refractivity contribution in [2.75, 3.05) is 4.90 Å². The maximum atomic E-state index is 13.4. The summed E-state index contributed by atoms with van der Waals surface area (Å²) < 4.78 is 20.0. The number of rotatable bonds is 6. The second kappa shape index (κ2) is 10.4. The standard InChI is InChI=1S/C26H20FIN2O3S/c1-2-16-6-9-20(10-7-16)30-25(32)21(24(31)29-26(30)34)13-17-8-11-23(22(28)14-17)33-15-18-4-3-5-19(27)12-18/h3-14H,2,15H2,1H3,(H,29,31,34)/b21-13+. The number of hydrogen-bond acceptors (Lipinski definition) is 4. The fraction of sp³-hybridized carbons (Fsp3) is 0.115. The molecule has 0 unspecified atom stereocenters. The minimum absolute atomic E-state index is 0.0163. The third kappa shape index (κ3) is 5.34. The summed E-state index contributed by atoms with van der Waals surface area (Å²) in [6.07, 6.45) is 2.41. The molecule has 8 heteroatoms. The fourth-order valence-corrected chi connectivity index (χ4v) is 4.43. The van der Waals surface area contributed by atoms with Gasteiger partial charge in [-0.15, -0.1) is 0 Å². The average molecular weight is 586 g/mol. The van der Waals surface area contributed by atoms with Gasteiger partial charge in [-0.3, -0.25) is 19.8 Å². The topological polar surface area (TPSA) is 58.6 Å². The van der Waals surface area contributed by atoms with Crippen molar-refractivity contribution < 1.29 is 18.7 Å². The number of ether oxygens (including phenoxy) is 1. The Balaban J connectivity index is 1.55. The molecule has 3 aromatic rings. The Bertz CT molecular complexity index is 1310. The van der Waals surface area contributed by atoms with Crippen LogP contribution >= 0.6 is 34.8 Å². The van der Waals surface area contributed by atoms with Gasteiger partial charge in [0.25, 0.3) is 11.8 Å². The van der Waals surface area contributed by atoms with Crippen molar-refractivity contribution in [1.29, 1.82) is 0 Å². The highest BCUT2D eigenvalue weighted by Crippen LogP contribution is 2.26. The molecule has 172 valence electrons. The lowest BCUT2D eigenvalue weighted by molar-refractivity contribution is -0.122. The molecule has 1 saturated heterocycles. The number of carbonyl (C=O) groups is 2. The number of carbonyl (C=O) groups excluding carboxylic acids is 2.